The molecule has 0 aromatic heterocycles. The Balaban J connectivity index is 2.17. The Labute approximate surface area is 130 Å². The summed E-state index contributed by atoms with van der Waals surface area (Å²) in [4.78, 5) is 0. The maximum absolute atomic E-state index is 13.0. The summed E-state index contributed by atoms with van der Waals surface area (Å²) >= 11 is 0. The third-order valence-corrected chi connectivity index (χ3v) is 7.18. The maximum atomic E-state index is 13.0. The average molecular weight is 317 g/mol. The van der Waals surface area contributed by atoms with Gasteiger partial charge in [0.05, 0.1) is 0 Å². The molecule has 0 radical (unpaired) electrons. The van der Waals surface area contributed by atoms with E-state index >= 15 is 0 Å². The van der Waals surface area contributed by atoms with Crippen LogP contribution in [0, 0.1) is 5.92 Å². The van der Waals surface area contributed by atoms with Crippen LogP contribution in [0.4, 0.5) is 0 Å². The maximum Gasteiger partial charge on any atom is 0.282 e. The highest BCUT2D eigenvalue weighted by molar-refractivity contribution is 7.86. The zero-order valence-electron chi connectivity index (χ0n) is 13.3. The quantitative estimate of drug-likeness (QED) is 0.843. The van der Waals surface area contributed by atoms with Crippen molar-refractivity contribution >= 4 is 10.2 Å². The Kier molecular flexibility index (Phi) is 6.47. The molecule has 5 nitrogen and oxygen atoms in total. The van der Waals surface area contributed by atoms with Gasteiger partial charge in [0.1, 0.15) is 0 Å². The molecule has 1 aliphatic carbocycles. The second-order valence-electron chi connectivity index (χ2n) is 6.37. The fourth-order valence-corrected chi connectivity index (χ4v) is 5.79. The first-order valence-electron chi connectivity index (χ1n) is 8.58. The summed E-state index contributed by atoms with van der Waals surface area (Å²) in [5.41, 5.74) is 5.90. The van der Waals surface area contributed by atoms with Gasteiger partial charge in [-0.15, -0.1) is 0 Å². The second kappa shape index (κ2) is 7.90. The minimum atomic E-state index is -3.33. The van der Waals surface area contributed by atoms with Crippen LogP contribution in [0.3, 0.4) is 0 Å². The molecule has 2 fully saturated rings. The van der Waals surface area contributed by atoms with Crippen molar-refractivity contribution in [1.29, 1.82) is 0 Å². The molecule has 1 aliphatic heterocycles. The van der Waals surface area contributed by atoms with Gasteiger partial charge in [-0.05, 0) is 38.1 Å². The Morgan fingerprint density at radius 2 is 1.67 bits per heavy atom. The summed E-state index contributed by atoms with van der Waals surface area (Å²) < 4.78 is 29.5. The third-order valence-electron chi connectivity index (χ3n) is 5.04. The van der Waals surface area contributed by atoms with Crippen LogP contribution in [0.1, 0.15) is 58.3 Å². The molecule has 1 heterocycles. The Hall–Kier alpha value is -0.170. The van der Waals surface area contributed by atoms with Crippen molar-refractivity contribution in [3.63, 3.8) is 0 Å². The van der Waals surface area contributed by atoms with Gasteiger partial charge >= 0.3 is 0 Å². The van der Waals surface area contributed by atoms with Crippen LogP contribution in [0.2, 0.25) is 0 Å². The van der Waals surface area contributed by atoms with E-state index < -0.39 is 10.2 Å². The number of nitrogens with two attached hydrogens (primary N) is 1. The summed E-state index contributed by atoms with van der Waals surface area (Å²) in [5, 5.41) is 0. The lowest BCUT2D eigenvalue weighted by atomic mass is 9.84. The van der Waals surface area contributed by atoms with Crippen molar-refractivity contribution in [2.24, 2.45) is 11.7 Å². The second-order valence-corrected chi connectivity index (χ2v) is 8.25. The van der Waals surface area contributed by atoms with E-state index in [4.69, 9.17) is 5.73 Å². The molecule has 21 heavy (non-hydrogen) atoms. The summed E-state index contributed by atoms with van der Waals surface area (Å²) in [6, 6.07) is 0.0991. The summed E-state index contributed by atoms with van der Waals surface area (Å²) in [6.45, 7) is 4.46. The van der Waals surface area contributed by atoms with Crippen molar-refractivity contribution in [1.82, 2.24) is 8.61 Å². The highest BCUT2D eigenvalue weighted by Gasteiger charge is 2.38. The van der Waals surface area contributed by atoms with E-state index in [0.29, 0.717) is 32.1 Å². The number of rotatable bonds is 5. The van der Waals surface area contributed by atoms with Gasteiger partial charge in [-0.3, -0.25) is 0 Å². The van der Waals surface area contributed by atoms with Crippen LogP contribution in [0.5, 0.6) is 0 Å². The van der Waals surface area contributed by atoms with Crippen LogP contribution in [0.15, 0.2) is 0 Å². The predicted octanol–water partition coefficient (Wildman–Crippen LogP) is 1.95. The predicted molar refractivity (Wildman–Crippen MR) is 86.1 cm³/mol. The summed E-state index contributed by atoms with van der Waals surface area (Å²) in [6.07, 6.45) is 8.59. The molecule has 0 aromatic carbocycles. The topological polar surface area (TPSA) is 66.6 Å². The van der Waals surface area contributed by atoms with Gasteiger partial charge in [-0.1, -0.05) is 32.6 Å². The van der Waals surface area contributed by atoms with Gasteiger partial charge in [0.2, 0.25) is 0 Å². The average Bonchev–Trinajstić information content (AvgIpc) is 2.78. The number of hydrogen-bond acceptors (Lipinski definition) is 3. The molecule has 1 saturated heterocycles. The first-order valence-corrected chi connectivity index (χ1v) is 9.98. The van der Waals surface area contributed by atoms with E-state index in [1.165, 1.54) is 6.42 Å². The van der Waals surface area contributed by atoms with Crippen molar-refractivity contribution in [3.8, 4) is 0 Å². The molecule has 0 bridgehead atoms. The highest BCUT2D eigenvalue weighted by atomic mass is 32.2. The Bertz CT molecular complexity index is 405. The Morgan fingerprint density at radius 3 is 2.24 bits per heavy atom. The minimum absolute atomic E-state index is 0.0991. The SMILES string of the molecule is CCN(C1CCCCC1CN)S(=O)(=O)N1CCCCCC1. The number of hydrogen-bond donors (Lipinski definition) is 1. The first-order chi connectivity index (χ1) is 10.1. The lowest BCUT2D eigenvalue weighted by Gasteiger charge is -2.40. The molecule has 6 heteroatoms. The van der Waals surface area contributed by atoms with E-state index in [0.717, 1.165) is 44.9 Å². The van der Waals surface area contributed by atoms with Crippen LogP contribution >= 0.6 is 0 Å². The Morgan fingerprint density at radius 1 is 1.05 bits per heavy atom. The van der Waals surface area contributed by atoms with Crippen molar-refractivity contribution in [2.45, 2.75) is 64.3 Å². The van der Waals surface area contributed by atoms with E-state index in [1.54, 1.807) is 8.61 Å². The zero-order chi connectivity index (χ0) is 15.3. The molecule has 2 aliphatic rings. The lowest BCUT2D eigenvalue weighted by Crippen LogP contribution is -2.53. The van der Waals surface area contributed by atoms with Crippen LogP contribution < -0.4 is 5.73 Å². The van der Waals surface area contributed by atoms with Gasteiger partial charge in [-0.25, -0.2) is 0 Å². The molecule has 2 atom stereocenters. The molecule has 0 spiro atoms. The van der Waals surface area contributed by atoms with Crippen molar-refractivity contribution < 1.29 is 8.42 Å². The van der Waals surface area contributed by atoms with E-state index in [2.05, 4.69) is 0 Å². The van der Waals surface area contributed by atoms with Gasteiger partial charge in [-0.2, -0.15) is 17.0 Å². The molecule has 2 rings (SSSR count). The fourth-order valence-electron chi connectivity index (χ4n) is 3.83. The van der Waals surface area contributed by atoms with Crippen LogP contribution in [0.25, 0.3) is 0 Å². The molecular formula is C15H31N3O2S. The summed E-state index contributed by atoms with van der Waals surface area (Å²) in [5.74, 6) is 0.320. The number of nitrogens with zero attached hydrogens (tertiary/aromatic N) is 2. The van der Waals surface area contributed by atoms with Crippen LogP contribution in [-0.4, -0.2) is 49.2 Å². The molecule has 0 amide bonds. The zero-order valence-corrected chi connectivity index (χ0v) is 14.2. The van der Waals surface area contributed by atoms with E-state index in [-0.39, 0.29) is 6.04 Å². The van der Waals surface area contributed by atoms with Crippen molar-refractivity contribution in [3.05, 3.63) is 0 Å². The molecular weight excluding hydrogens is 286 g/mol. The van der Waals surface area contributed by atoms with Gasteiger partial charge < -0.3 is 5.73 Å². The van der Waals surface area contributed by atoms with Gasteiger partial charge in [0.25, 0.3) is 10.2 Å². The van der Waals surface area contributed by atoms with Crippen LogP contribution in [-0.2, 0) is 10.2 Å². The van der Waals surface area contributed by atoms with E-state index in [9.17, 15) is 8.42 Å². The summed E-state index contributed by atoms with van der Waals surface area (Å²) in [7, 11) is -3.33. The highest BCUT2D eigenvalue weighted by Crippen LogP contribution is 2.30. The smallest absolute Gasteiger partial charge is 0.282 e. The van der Waals surface area contributed by atoms with E-state index in [1.807, 2.05) is 6.92 Å². The monoisotopic (exact) mass is 317 g/mol. The largest absolute Gasteiger partial charge is 0.330 e. The lowest BCUT2D eigenvalue weighted by molar-refractivity contribution is 0.177. The molecule has 0 aromatic rings. The molecule has 2 unspecified atom stereocenters. The molecule has 2 N–H and O–H groups in total. The molecule has 124 valence electrons. The first kappa shape index (κ1) is 17.2. The van der Waals surface area contributed by atoms with Gasteiger partial charge in [0, 0.05) is 25.7 Å². The fraction of sp³-hybridized carbons (Fsp3) is 1.00. The molecule has 1 saturated carbocycles. The minimum Gasteiger partial charge on any atom is -0.330 e. The van der Waals surface area contributed by atoms with Crippen molar-refractivity contribution in [2.75, 3.05) is 26.2 Å². The third kappa shape index (κ3) is 3.97. The normalized spacial score (nSPS) is 29.5. The standard InChI is InChI=1S/C15H31N3O2S/c1-2-18(15-10-6-5-9-14(15)13-16)21(19,20)17-11-7-3-4-8-12-17/h14-15H,2-13,16H2,1H3. The van der Waals surface area contributed by atoms with Gasteiger partial charge in [0.15, 0.2) is 0 Å².